The third-order valence-electron chi connectivity index (χ3n) is 2.68. The molecular formula is C17H28N2O4S. The van der Waals surface area contributed by atoms with E-state index in [-0.39, 0.29) is 5.92 Å². The molecule has 0 aliphatic rings. The summed E-state index contributed by atoms with van der Waals surface area (Å²) in [6.07, 6.45) is -1.12. The van der Waals surface area contributed by atoms with Gasteiger partial charge in [0.2, 0.25) is 0 Å². The van der Waals surface area contributed by atoms with Gasteiger partial charge in [-0.25, -0.2) is 9.59 Å². The Labute approximate surface area is 147 Å². The first-order chi connectivity index (χ1) is 10.8. The summed E-state index contributed by atoms with van der Waals surface area (Å²) in [5.41, 5.74) is 0.282. The predicted molar refractivity (Wildman–Crippen MR) is 98.1 cm³/mol. The topological polar surface area (TPSA) is 76.7 Å². The Bertz CT molecular complexity index is 595. The Kier molecular flexibility index (Phi) is 6.27. The zero-order valence-corrected chi connectivity index (χ0v) is 16.5. The van der Waals surface area contributed by atoms with Crippen LogP contribution in [0.15, 0.2) is 5.38 Å². The molecule has 1 rings (SSSR count). The third kappa shape index (κ3) is 6.78. The Morgan fingerprint density at radius 1 is 0.958 bits per heavy atom. The SMILES string of the molecule is CC(C)c1csc(NC(=O)OC(C)(C)C)c1NC(=O)OC(C)(C)C. The normalized spacial score (nSPS) is 12.0. The van der Waals surface area contributed by atoms with E-state index in [2.05, 4.69) is 10.6 Å². The molecule has 0 aromatic carbocycles. The second-order valence-corrected chi connectivity index (χ2v) is 8.68. The van der Waals surface area contributed by atoms with Gasteiger partial charge in [0.15, 0.2) is 0 Å². The fourth-order valence-corrected chi connectivity index (χ4v) is 2.88. The maximum absolute atomic E-state index is 12.1. The van der Waals surface area contributed by atoms with Crippen LogP contribution in [0.2, 0.25) is 0 Å². The molecule has 0 atom stereocenters. The molecule has 1 aromatic rings. The number of amides is 2. The summed E-state index contributed by atoms with van der Waals surface area (Å²) in [5, 5.41) is 7.88. The van der Waals surface area contributed by atoms with Gasteiger partial charge >= 0.3 is 12.2 Å². The number of rotatable bonds is 3. The lowest BCUT2D eigenvalue weighted by molar-refractivity contribution is 0.0621. The van der Waals surface area contributed by atoms with Crippen LogP contribution in [0.1, 0.15) is 66.9 Å². The maximum atomic E-state index is 12.1. The van der Waals surface area contributed by atoms with Crippen LogP contribution in [0.3, 0.4) is 0 Å². The van der Waals surface area contributed by atoms with Crippen molar-refractivity contribution in [2.75, 3.05) is 10.6 Å². The summed E-state index contributed by atoms with van der Waals surface area (Å²) >= 11 is 1.34. The minimum absolute atomic E-state index is 0.181. The Balaban J connectivity index is 2.98. The molecular weight excluding hydrogens is 328 g/mol. The molecule has 0 radical (unpaired) electrons. The van der Waals surface area contributed by atoms with Crippen LogP contribution in [-0.4, -0.2) is 23.4 Å². The van der Waals surface area contributed by atoms with Gasteiger partial charge in [0.05, 0.1) is 5.69 Å². The van der Waals surface area contributed by atoms with E-state index in [9.17, 15) is 9.59 Å². The van der Waals surface area contributed by atoms with E-state index in [4.69, 9.17) is 9.47 Å². The number of hydrogen-bond donors (Lipinski definition) is 2. The van der Waals surface area contributed by atoms with Crippen molar-refractivity contribution in [3.8, 4) is 0 Å². The fourth-order valence-electron chi connectivity index (χ4n) is 1.82. The first-order valence-corrected chi connectivity index (χ1v) is 8.78. The molecule has 0 saturated carbocycles. The molecule has 2 amide bonds. The monoisotopic (exact) mass is 356 g/mol. The zero-order valence-electron chi connectivity index (χ0n) is 15.7. The van der Waals surface area contributed by atoms with Crippen molar-refractivity contribution in [3.63, 3.8) is 0 Å². The smallest absolute Gasteiger partial charge is 0.412 e. The minimum Gasteiger partial charge on any atom is -0.444 e. The molecule has 0 saturated heterocycles. The predicted octanol–water partition coefficient (Wildman–Crippen LogP) is 5.57. The highest BCUT2D eigenvalue weighted by molar-refractivity contribution is 7.15. The summed E-state index contributed by atoms with van der Waals surface area (Å²) in [5.74, 6) is 0.181. The van der Waals surface area contributed by atoms with Crippen LogP contribution < -0.4 is 10.6 Å². The van der Waals surface area contributed by atoms with Crippen LogP contribution >= 0.6 is 11.3 Å². The van der Waals surface area contributed by atoms with Crippen LogP contribution in [0.4, 0.5) is 20.3 Å². The summed E-state index contributed by atoms with van der Waals surface area (Å²) in [6.45, 7) is 14.8. The van der Waals surface area contributed by atoms with Crippen LogP contribution in [0.25, 0.3) is 0 Å². The van der Waals surface area contributed by atoms with Gasteiger partial charge in [-0.1, -0.05) is 13.8 Å². The Hall–Kier alpha value is -1.76. The molecule has 1 aromatic heterocycles. The van der Waals surface area contributed by atoms with E-state index >= 15 is 0 Å². The largest absolute Gasteiger partial charge is 0.444 e. The van der Waals surface area contributed by atoms with Crippen LogP contribution in [0, 0.1) is 0 Å². The van der Waals surface area contributed by atoms with Crippen LogP contribution in [-0.2, 0) is 9.47 Å². The van der Waals surface area contributed by atoms with E-state index in [1.165, 1.54) is 11.3 Å². The molecule has 0 unspecified atom stereocenters. The summed E-state index contributed by atoms with van der Waals surface area (Å²) in [7, 11) is 0. The number of nitrogens with one attached hydrogen (secondary N) is 2. The first kappa shape index (κ1) is 20.3. The molecule has 136 valence electrons. The quantitative estimate of drug-likeness (QED) is 0.742. The molecule has 2 N–H and O–H groups in total. The molecule has 0 aliphatic carbocycles. The molecule has 6 nitrogen and oxygen atoms in total. The summed E-state index contributed by atoms with van der Waals surface area (Å²) < 4.78 is 10.6. The fraction of sp³-hybridized carbons (Fsp3) is 0.647. The lowest BCUT2D eigenvalue weighted by atomic mass is 10.1. The van der Waals surface area contributed by atoms with Gasteiger partial charge in [0, 0.05) is 0 Å². The van der Waals surface area contributed by atoms with Crippen molar-refractivity contribution in [2.45, 2.75) is 72.5 Å². The van der Waals surface area contributed by atoms with Crippen molar-refractivity contribution in [1.29, 1.82) is 0 Å². The summed E-state index contributed by atoms with van der Waals surface area (Å²) in [6, 6.07) is 0. The van der Waals surface area contributed by atoms with E-state index in [1.54, 1.807) is 41.5 Å². The molecule has 24 heavy (non-hydrogen) atoms. The molecule has 7 heteroatoms. The van der Waals surface area contributed by atoms with Crippen LogP contribution in [0.5, 0.6) is 0 Å². The number of ether oxygens (including phenoxy) is 2. The van der Waals surface area contributed by atoms with Gasteiger partial charge < -0.3 is 9.47 Å². The van der Waals surface area contributed by atoms with Crippen molar-refractivity contribution in [2.24, 2.45) is 0 Å². The average Bonchev–Trinajstić information content (AvgIpc) is 2.67. The lowest BCUT2D eigenvalue weighted by Gasteiger charge is -2.21. The average molecular weight is 356 g/mol. The van der Waals surface area contributed by atoms with Crippen molar-refractivity contribution in [1.82, 2.24) is 0 Å². The van der Waals surface area contributed by atoms with E-state index in [1.807, 2.05) is 19.2 Å². The zero-order chi connectivity index (χ0) is 18.7. The van der Waals surface area contributed by atoms with Gasteiger partial charge in [0.25, 0.3) is 0 Å². The number of carbonyl (C=O) groups excluding carboxylic acids is 2. The van der Waals surface area contributed by atoms with Crippen molar-refractivity contribution < 1.29 is 19.1 Å². The molecule has 0 fully saturated rings. The highest BCUT2D eigenvalue weighted by Crippen LogP contribution is 2.38. The molecule has 0 bridgehead atoms. The minimum atomic E-state index is -0.600. The molecule has 0 aliphatic heterocycles. The standard InChI is InChI=1S/C17H28N2O4S/c1-10(2)11-9-24-13(19-15(21)23-17(6,7)8)12(11)18-14(20)22-16(3,4)5/h9-10H,1-8H3,(H,18,20)(H,19,21). The first-order valence-electron chi connectivity index (χ1n) is 7.90. The highest BCUT2D eigenvalue weighted by atomic mass is 32.1. The molecule has 1 heterocycles. The number of carbonyl (C=O) groups is 2. The van der Waals surface area contributed by atoms with Gasteiger partial charge in [-0.3, -0.25) is 10.6 Å². The molecule has 0 spiro atoms. The second kappa shape index (κ2) is 7.42. The second-order valence-electron chi connectivity index (χ2n) is 7.80. The Morgan fingerprint density at radius 2 is 1.42 bits per heavy atom. The van der Waals surface area contributed by atoms with Gasteiger partial charge in [-0.2, -0.15) is 0 Å². The van der Waals surface area contributed by atoms with E-state index < -0.39 is 23.4 Å². The third-order valence-corrected chi connectivity index (χ3v) is 3.60. The number of hydrogen-bond acceptors (Lipinski definition) is 5. The number of anilines is 2. The van der Waals surface area contributed by atoms with E-state index in [0.717, 1.165) is 5.56 Å². The summed E-state index contributed by atoms with van der Waals surface area (Å²) in [4.78, 5) is 24.1. The van der Waals surface area contributed by atoms with Gasteiger partial charge in [-0.05, 0) is 58.4 Å². The van der Waals surface area contributed by atoms with Gasteiger partial charge in [0.1, 0.15) is 16.2 Å². The van der Waals surface area contributed by atoms with E-state index in [0.29, 0.717) is 10.7 Å². The highest BCUT2D eigenvalue weighted by Gasteiger charge is 2.23. The maximum Gasteiger partial charge on any atom is 0.412 e. The Morgan fingerprint density at radius 3 is 1.83 bits per heavy atom. The van der Waals surface area contributed by atoms with Crippen molar-refractivity contribution >= 4 is 34.2 Å². The number of thiophene rings is 1. The lowest BCUT2D eigenvalue weighted by Crippen LogP contribution is -2.29. The van der Waals surface area contributed by atoms with Gasteiger partial charge in [-0.15, -0.1) is 11.3 Å². The van der Waals surface area contributed by atoms with Crippen molar-refractivity contribution in [3.05, 3.63) is 10.9 Å².